The molecule has 0 spiro atoms. The molecule has 2 heterocycles. The Morgan fingerprint density at radius 1 is 0.911 bits per heavy atom. The fraction of sp³-hybridized carbons (Fsp3) is 0.500. The molecule has 0 radical (unpaired) electrons. The van der Waals surface area contributed by atoms with Crippen molar-refractivity contribution < 1.29 is 65.5 Å². The van der Waals surface area contributed by atoms with Crippen molar-refractivity contribution in [3.05, 3.63) is 53.0 Å². The van der Waals surface area contributed by atoms with Crippen LogP contribution in [-0.4, -0.2) is 79.8 Å². The van der Waals surface area contributed by atoms with Crippen LogP contribution >= 0.6 is 11.8 Å². The average molecular weight is 661 g/mol. The normalized spacial score (nSPS) is 24.8. The highest BCUT2D eigenvalue weighted by molar-refractivity contribution is 7.98. The van der Waals surface area contributed by atoms with Gasteiger partial charge in [0, 0.05) is 44.6 Å². The monoisotopic (exact) mass is 660 g/mol. The zero-order valence-corrected chi connectivity index (χ0v) is 25.6. The first-order valence-corrected chi connectivity index (χ1v) is 14.5. The number of rotatable bonds is 11. The molecule has 1 unspecified atom stereocenters. The van der Waals surface area contributed by atoms with Crippen LogP contribution in [0.1, 0.15) is 33.3 Å². The van der Waals surface area contributed by atoms with Gasteiger partial charge in [0.25, 0.3) is 6.23 Å². The van der Waals surface area contributed by atoms with E-state index in [2.05, 4.69) is 5.11 Å². The van der Waals surface area contributed by atoms with Crippen LogP contribution in [0.5, 0.6) is 0 Å². The summed E-state index contributed by atoms with van der Waals surface area (Å²) in [5.41, 5.74) is 6.33. The molecule has 2 aliphatic heterocycles. The van der Waals surface area contributed by atoms with Crippen LogP contribution in [0.3, 0.4) is 0 Å². The topological polar surface area (TPSA) is 169 Å². The zero-order valence-electron chi connectivity index (χ0n) is 24.7. The van der Waals surface area contributed by atoms with Crippen LogP contribution in [0.2, 0.25) is 0 Å². The number of carbonyl (C=O) groups excluding carboxylic acids is 4. The van der Waals surface area contributed by atoms with Crippen molar-refractivity contribution in [1.82, 2.24) is 0 Å². The quantitative estimate of drug-likeness (QED) is 0.156. The molecule has 13 nitrogen and oxygen atoms in total. The van der Waals surface area contributed by atoms with E-state index in [1.807, 2.05) is 6.26 Å². The van der Waals surface area contributed by atoms with Crippen LogP contribution in [0.15, 0.2) is 57.4 Å². The van der Waals surface area contributed by atoms with E-state index in [4.69, 9.17) is 38.7 Å². The van der Waals surface area contributed by atoms with E-state index >= 15 is 0 Å². The summed E-state index contributed by atoms with van der Waals surface area (Å²) >= 11 is 1.43. The molecule has 2 aliphatic rings. The number of allylic oxidation sites excluding steroid dienone is 2. The van der Waals surface area contributed by atoms with Crippen molar-refractivity contribution >= 4 is 35.6 Å². The predicted molar refractivity (Wildman–Crippen MR) is 146 cm³/mol. The molecule has 0 bridgehead atoms. The van der Waals surface area contributed by atoms with Crippen LogP contribution in [0, 0.1) is 5.53 Å². The lowest BCUT2D eigenvalue weighted by Gasteiger charge is -2.44. The number of hydrogen-bond acceptors (Lipinski definition) is 14. The van der Waals surface area contributed by atoms with Gasteiger partial charge in [-0.05, 0) is 24.0 Å². The summed E-state index contributed by atoms with van der Waals surface area (Å²) < 4.78 is 80.8. The standard InChI is InChI=1S/C28H31F3N2O11S/c1-13(34)38-12-21-23(40-14(2)35)24(41-15(3)36)25(42-16(4)37)27(43-21)44-22-19(10-17-6-8-18(45-5)9-7-17)20(28(29,30)31)11-39-26(22)33-32/h6-9,11,21,23-27,32H,10,12H2,1-5H3/t21-,23-,24+,25-,26?,27+/m1/s1. The van der Waals surface area contributed by atoms with Crippen LogP contribution in [0.4, 0.5) is 13.2 Å². The van der Waals surface area contributed by atoms with Gasteiger partial charge >= 0.3 is 30.1 Å². The lowest BCUT2D eigenvalue weighted by atomic mass is 9.95. The molecule has 246 valence electrons. The van der Waals surface area contributed by atoms with Gasteiger partial charge in [0.05, 0.1) is 11.8 Å². The van der Waals surface area contributed by atoms with E-state index in [0.29, 0.717) is 11.8 Å². The van der Waals surface area contributed by atoms with Crippen molar-refractivity contribution in [2.45, 2.75) is 82.1 Å². The Morgan fingerprint density at radius 2 is 1.49 bits per heavy atom. The number of halogens is 3. The highest BCUT2D eigenvalue weighted by Crippen LogP contribution is 2.41. The second-order valence-corrected chi connectivity index (χ2v) is 10.6. The molecule has 1 N–H and O–H groups in total. The summed E-state index contributed by atoms with van der Waals surface area (Å²) in [7, 11) is 0. The Bertz CT molecular complexity index is 1350. The molecule has 1 fully saturated rings. The molecule has 1 saturated heterocycles. The Hall–Kier alpha value is -4.12. The highest BCUT2D eigenvalue weighted by Gasteiger charge is 2.54. The minimum Gasteiger partial charge on any atom is -0.466 e. The Labute approximate surface area is 259 Å². The first-order valence-electron chi connectivity index (χ1n) is 13.3. The summed E-state index contributed by atoms with van der Waals surface area (Å²) in [5, 5.41) is 3.26. The number of carbonyl (C=O) groups is 4. The van der Waals surface area contributed by atoms with Gasteiger partial charge in [-0.1, -0.05) is 12.1 Å². The fourth-order valence-corrected chi connectivity index (χ4v) is 4.95. The van der Waals surface area contributed by atoms with Crippen molar-refractivity contribution in [2.75, 3.05) is 12.9 Å². The molecule has 17 heteroatoms. The minimum absolute atomic E-state index is 0.365. The number of alkyl halides is 3. The predicted octanol–water partition coefficient (Wildman–Crippen LogP) is 4.14. The number of nitrogens with one attached hydrogen (secondary N) is 1. The summed E-state index contributed by atoms with van der Waals surface area (Å²) in [5.74, 6) is -4.13. The number of benzene rings is 1. The van der Waals surface area contributed by atoms with Gasteiger partial charge in [0.15, 0.2) is 18.0 Å². The smallest absolute Gasteiger partial charge is 0.419 e. The Morgan fingerprint density at radius 3 is 2.00 bits per heavy atom. The largest absolute Gasteiger partial charge is 0.466 e. The summed E-state index contributed by atoms with van der Waals surface area (Å²) in [4.78, 5) is 48.8. The molecule has 0 amide bonds. The van der Waals surface area contributed by atoms with Crippen molar-refractivity contribution in [3.63, 3.8) is 0 Å². The third-order valence-electron chi connectivity index (χ3n) is 6.32. The fourth-order valence-electron chi connectivity index (χ4n) is 4.54. The summed E-state index contributed by atoms with van der Waals surface area (Å²) in [6, 6.07) is 6.65. The van der Waals surface area contributed by atoms with E-state index in [1.165, 1.54) is 11.8 Å². The second kappa shape index (κ2) is 15.2. The number of esters is 4. The molecule has 0 aromatic heterocycles. The molecule has 1 aromatic rings. The molecule has 6 atom stereocenters. The molecular weight excluding hydrogens is 629 g/mol. The third-order valence-corrected chi connectivity index (χ3v) is 7.06. The lowest BCUT2D eigenvalue weighted by molar-refractivity contribution is -0.302. The summed E-state index contributed by atoms with van der Waals surface area (Å²) in [6.07, 6.45) is -13.0. The Balaban J connectivity index is 2.18. The van der Waals surface area contributed by atoms with Gasteiger partial charge in [-0.2, -0.15) is 13.2 Å². The van der Waals surface area contributed by atoms with Gasteiger partial charge in [0.2, 0.25) is 12.4 Å². The SMILES string of the molecule is CSc1ccc(CC2=C(O[C@@H]3O[C@H](COC(C)=O)[C@@H](OC(C)=O)[C@H](OC(C)=O)[C@H]3OC(C)=O)C(N=N)OC=C2C(F)(F)F)cc1. The van der Waals surface area contributed by atoms with E-state index in [9.17, 15) is 32.3 Å². The van der Waals surface area contributed by atoms with Gasteiger partial charge in [-0.3, -0.25) is 19.2 Å². The Kier molecular flexibility index (Phi) is 12.0. The van der Waals surface area contributed by atoms with E-state index in [1.54, 1.807) is 24.3 Å². The first kappa shape index (κ1) is 35.4. The maximum atomic E-state index is 14.3. The van der Waals surface area contributed by atoms with Crippen LogP contribution in [-0.2, 0) is 58.8 Å². The molecule has 1 aromatic carbocycles. The van der Waals surface area contributed by atoms with Gasteiger partial charge < -0.3 is 33.2 Å². The van der Waals surface area contributed by atoms with E-state index in [0.717, 1.165) is 32.6 Å². The number of thioether (sulfide) groups is 1. The minimum atomic E-state index is -4.95. The maximum absolute atomic E-state index is 14.3. The maximum Gasteiger partial charge on any atom is 0.419 e. The average Bonchev–Trinajstić information content (AvgIpc) is 2.94. The van der Waals surface area contributed by atoms with E-state index < -0.39 is 90.5 Å². The highest BCUT2D eigenvalue weighted by atomic mass is 32.2. The number of nitrogens with zero attached hydrogens (tertiary/aromatic N) is 1. The molecule has 45 heavy (non-hydrogen) atoms. The van der Waals surface area contributed by atoms with Gasteiger partial charge in [-0.15, -0.1) is 16.9 Å². The zero-order chi connectivity index (χ0) is 33.5. The number of ether oxygens (including phenoxy) is 7. The first-order chi connectivity index (χ1) is 21.1. The van der Waals surface area contributed by atoms with Gasteiger partial charge in [-0.25, -0.2) is 5.53 Å². The lowest BCUT2D eigenvalue weighted by Crippen LogP contribution is -2.63. The molecule has 3 rings (SSSR count). The van der Waals surface area contributed by atoms with Gasteiger partial charge in [0.1, 0.15) is 12.7 Å². The van der Waals surface area contributed by atoms with Crippen molar-refractivity contribution in [2.24, 2.45) is 5.11 Å². The van der Waals surface area contributed by atoms with Crippen molar-refractivity contribution in [1.29, 1.82) is 5.53 Å². The van der Waals surface area contributed by atoms with Crippen LogP contribution in [0.25, 0.3) is 0 Å². The molecule has 0 saturated carbocycles. The van der Waals surface area contributed by atoms with Crippen LogP contribution < -0.4 is 0 Å². The molecule has 0 aliphatic carbocycles. The second-order valence-electron chi connectivity index (χ2n) is 9.70. The molecular formula is C28H31F3N2O11S. The van der Waals surface area contributed by atoms with Crippen molar-refractivity contribution in [3.8, 4) is 0 Å². The number of hydrogen-bond donors (Lipinski definition) is 1. The third kappa shape index (κ3) is 9.43. The van der Waals surface area contributed by atoms with E-state index in [-0.39, 0.29) is 6.42 Å². The summed E-state index contributed by atoms with van der Waals surface area (Å²) in [6.45, 7) is 3.52.